The zero-order chi connectivity index (χ0) is 13.1. The van der Waals surface area contributed by atoms with Gasteiger partial charge < -0.3 is 0 Å². The summed E-state index contributed by atoms with van der Waals surface area (Å²) in [5.74, 6) is 6.71. The Morgan fingerprint density at radius 2 is 2.06 bits per heavy atom. The molecule has 0 saturated carbocycles. The summed E-state index contributed by atoms with van der Waals surface area (Å²) in [7, 11) is 0. The van der Waals surface area contributed by atoms with Crippen LogP contribution in [0.2, 0.25) is 5.02 Å². The number of ketones is 1. The first-order chi connectivity index (χ1) is 8.61. The number of benzene rings is 1. The van der Waals surface area contributed by atoms with Gasteiger partial charge in [-0.3, -0.25) is 10.6 Å². The Morgan fingerprint density at radius 3 is 2.67 bits per heavy atom. The Bertz CT molecular complexity index is 560. The Morgan fingerprint density at radius 1 is 1.39 bits per heavy atom. The molecular formula is C13H15ClN3O+. The summed E-state index contributed by atoms with van der Waals surface area (Å²) >= 11 is 5.79. The molecule has 0 aliphatic heterocycles. The molecule has 4 nitrogen and oxygen atoms in total. The van der Waals surface area contributed by atoms with Gasteiger partial charge in [0.25, 0.3) is 5.82 Å². The minimum atomic E-state index is 0.0394. The Balaban J connectivity index is 2.18. The molecule has 0 spiro atoms. The van der Waals surface area contributed by atoms with Crippen LogP contribution in [-0.2, 0) is 13.0 Å². The van der Waals surface area contributed by atoms with E-state index in [4.69, 9.17) is 17.4 Å². The summed E-state index contributed by atoms with van der Waals surface area (Å²) in [5.41, 5.74) is 0.652. The molecule has 1 aromatic carbocycles. The van der Waals surface area contributed by atoms with Gasteiger partial charge in [0.15, 0.2) is 12.7 Å². The fraction of sp³-hybridized carbons (Fsp3) is 0.231. The molecule has 0 aliphatic carbocycles. The van der Waals surface area contributed by atoms with Crippen molar-refractivity contribution < 1.29 is 9.36 Å². The molecule has 94 valence electrons. The van der Waals surface area contributed by atoms with E-state index in [0.717, 1.165) is 12.2 Å². The Labute approximate surface area is 111 Å². The number of imidazole rings is 1. The van der Waals surface area contributed by atoms with Gasteiger partial charge in [0.2, 0.25) is 5.78 Å². The van der Waals surface area contributed by atoms with E-state index in [9.17, 15) is 4.79 Å². The van der Waals surface area contributed by atoms with Gasteiger partial charge in [0.1, 0.15) is 6.20 Å². The van der Waals surface area contributed by atoms with Crippen LogP contribution in [0.25, 0.3) is 0 Å². The van der Waals surface area contributed by atoms with Gasteiger partial charge >= 0.3 is 0 Å². The summed E-state index contributed by atoms with van der Waals surface area (Å²) in [4.78, 5) is 12.1. The summed E-state index contributed by atoms with van der Waals surface area (Å²) in [5, 5.41) is 0.626. The third kappa shape index (κ3) is 2.54. The average Bonchev–Trinajstić information content (AvgIpc) is 2.70. The fourth-order valence-corrected chi connectivity index (χ4v) is 2.01. The molecule has 0 atom stereocenters. The van der Waals surface area contributed by atoms with Crippen molar-refractivity contribution in [2.24, 2.45) is 0 Å². The third-order valence-electron chi connectivity index (χ3n) is 2.83. The number of hydrogen-bond donors (Lipinski definition) is 1. The normalized spacial score (nSPS) is 10.6. The molecule has 5 heteroatoms. The lowest BCUT2D eigenvalue weighted by Crippen LogP contribution is -2.41. The van der Waals surface area contributed by atoms with Crippen molar-refractivity contribution in [3.05, 3.63) is 53.1 Å². The number of nitrogens with zero attached hydrogens (tertiary/aromatic N) is 2. The molecule has 0 saturated heterocycles. The topological polar surface area (TPSA) is 51.9 Å². The quantitative estimate of drug-likeness (QED) is 0.518. The van der Waals surface area contributed by atoms with Crippen molar-refractivity contribution in [1.29, 1.82) is 0 Å². The molecule has 0 unspecified atom stereocenters. The van der Waals surface area contributed by atoms with Crippen molar-refractivity contribution in [3.63, 3.8) is 0 Å². The monoisotopic (exact) mass is 264 g/mol. The highest BCUT2D eigenvalue weighted by Crippen LogP contribution is 2.10. The number of aromatic nitrogens is 2. The molecule has 2 rings (SSSR count). The SMILES string of the molecule is CCc1n(N)cc[n+]1CC(=O)c1ccc(Cl)cc1. The van der Waals surface area contributed by atoms with Crippen molar-refractivity contribution >= 4 is 17.4 Å². The minimum Gasteiger partial charge on any atom is -0.290 e. The third-order valence-corrected chi connectivity index (χ3v) is 3.09. The number of hydrogen-bond acceptors (Lipinski definition) is 2. The Kier molecular flexibility index (Phi) is 3.67. The van der Waals surface area contributed by atoms with Crippen molar-refractivity contribution in [3.8, 4) is 0 Å². The van der Waals surface area contributed by atoms with E-state index in [0.29, 0.717) is 10.6 Å². The number of nitrogens with two attached hydrogens (primary N) is 1. The minimum absolute atomic E-state index is 0.0394. The predicted molar refractivity (Wildman–Crippen MR) is 69.9 cm³/mol. The number of Topliss-reactive ketones (excluding diaryl/α,β-unsaturated/α-hetero) is 1. The maximum absolute atomic E-state index is 12.1. The van der Waals surface area contributed by atoms with Gasteiger partial charge in [-0.2, -0.15) is 0 Å². The second-order valence-electron chi connectivity index (χ2n) is 4.03. The van der Waals surface area contributed by atoms with E-state index in [1.807, 2.05) is 17.7 Å². The molecular weight excluding hydrogens is 250 g/mol. The number of carbonyl (C=O) groups is 1. The van der Waals surface area contributed by atoms with E-state index in [1.165, 1.54) is 4.68 Å². The maximum Gasteiger partial charge on any atom is 0.279 e. The lowest BCUT2D eigenvalue weighted by Gasteiger charge is -2.01. The van der Waals surface area contributed by atoms with E-state index in [1.54, 1.807) is 30.5 Å². The van der Waals surface area contributed by atoms with E-state index in [-0.39, 0.29) is 12.3 Å². The predicted octanol–water partition coefficient (Wildman–Crippen LogP) is 1.59. The number of rotatable bonds is 4. The van der Waals surface area contributed by atoms with Gasteiger partial charge in [0, 0.05) is 17.0 Å². The lowest BCUT2D eigenvalue weighted by atomic mass is 10.1. The first-order valence-corrected chi connectivity index (χ1v) is 6.13. The van der Waals surface area contributed by atoms with Crippen LogP contribution >= 0.6 is 11.6 Å². The van der Waals surface area contributed by atoms with Crippen LogP contribution in [-0.4, -0.2) is 10.5 Å². The molecule has 0 aliphatic rings. The molecule has 0 radical (unpaired) electrons. The van der Waals surface area contributed by atoms with Crippen LogP contribution in [0.5, 0.6) is 0 Å². The van der Waals surface area contributed by atoms with Crippen LogP contribution in [0, 0.1) is 0 Å². The molecule has 1 aromatic heterocycles. The summed E-state index contributed by atoms with van der Waals surface area (Å²) in [6.07, 6.45) is 4.33. The summed E-state index contributed by atoms with van der Waals surface area (Å²) in [6, 6.07) is 6.90. The molecule has 0 amide bonds. The maximum atomic E-state index is 12.1. The molecule has 2 aromatic rings. The smallest absolute Gasteiger partial charge is 0.279 e. The van der Waals surface area contributed by atoms with Crippen LogP contribution in [0.4, 0.5) is 0 Å². The van der Waals surface area contributed by atoms with E-state index < -0.39 is 0 Å². The van der Waals surface area contributed by atoms with Crippen molar-refractivity contribution in [2.75, 3.05) is 5.84 Å². The molecule has 0 fully saturated rings. The van der Waals surface area contributed by atoms with Gasteiger partial charge in [-0.15, -0.1) is 4.68 Å². The molecule has 0 bridgehead atoms. The van der Waals surface area contributed by atoms with Gasteiger partial charge in [0.05, 0.1) is 0 Å². The summed E-state index contributed by atoms with van der Waals surface area (Å²) in [6.45, 7) is 2.29. The number of carbonyl (C=O) groups excluding carboxylic acids is 1. The molecule has 2 N–H and O–H groups in total. The van der Waals surface area contributed by atoms with E-state index >= 15 is 0 Å². The fourth-order valence-electron chi connectivity index (χ4n) is 1.88. The van der Waals surface area contributed by atoms with Crippen LogP contribution in [0.1, 0.15) is 23.1 Å². The second kappa shape index (κ2) is 5.23. The zero-order valence-corrected chi connectivity index (χ0v) is 10.9. The highest BCUT2D eigenvalue weighted by molar-refractivity contribution is 6.30. The van der Waals surface area contributed by atoms with Gasteiger partial charge in [-0.1, -0.05) is 18.5 Å². The largest absolute Gasteiger partial charge is 0.290 e. The van der Waals surface area contributed by atoms with Gasteiger partial charge in [-0.05, 0) is 24.3 Å². The second-order valence-corrected chi connectivity index (χ2v) is 4.47. The van der Waals surface area contributed by atoms with Crippen LogP contribution < -0.4 is 10.4 Å². The number of halogens is 1. The average molecular weight is 265 g/mol. The Hall–Kier alpha value is -1.81. The van der Waals surface area contributed by atoms with Gasteiger partial charge in [-0.25, -0.2) is 4.57 Å². The zero-order valence-electron chi connectivity index (χ0n) is 10.1. The highest BCUT2D eigenvalue weighted by Gasteiger charge is 2.17. The van der Waals surface area contributed by atoms with Crippen molar-refractivity contribution in [2.45, 2.75) is 19.9 Å². The number of nitrogen functional groups attached to an aromatic ring is 1. The highest BCUT2D eigenvalue weighted by atomic mass is 35.5. The first kappa shape index (κ1) is 12.6. The first-order valence-electron chi connectivity index (χ1n) is 5.75. The van der Waals surface area contributed by atoms with Crippen LogP contribution in [0.3, 0.4) is 0 Å². The lowest BCUT2D eigenvalue weighted by molar-refractivity contribution is -0.690. The van der Waals surface area contributed by atoms with E-state index in [2.05, 4.69) is 0 Å². The summed E-state index contributed by atoms with van der Waals surface area (Å²) < 4.78 is 3.39. The van der Waals surface area contributed by atoms with Crippen molar-refractivity contribution in [1.82, 2.24) is 4.68 Å². The molecule has 18 heavy (non-hydrogen) atoms. The van der Waals surface area contributed by atoms with Crippen LogP contribution in [0.15, 0.2) is 36.7 Å². The standard InChI is InChI=1S/C13H15ClN3O/c1-2-13-16(7-8-17(13)15)9-12(18)10-3-5-11(14)6-4-10/h3-8H,2,9,15H2,1H3/q+1. The molecule has 1 heterocycles.